The van der Waals surface area contributed by atoms with Gasteiger partial charge in [0.15, 0.2) is 0 Å². The molecule has 5 rings (SSSR count). The van der Waals surface area contributed by atoms with E-state index in [0.29, 0.717) is 0 Å². The average Bonchev–Trinajstić information content (AvgIpc) is 3.04. The highest BCUT2D eigenvalue weighted by Crippen LogP contribution is 2.42. The quantitative estimate of drug-likeness (QED) is 0.187. The third-order valence-electron chi connectivity index (χ3n) is 6.28. The molecule has 0 fully saturated rings. The molecule has 196 valence electrons. The van der Waals surface area contributed by atoms with Crippen LogP contribution in [0.4, 0.5) is 34.1 Å². The van der Waals surface area contributed by atoms with Crippen molar-refractivity contribution in [3.63, 3.8) is 0 Å². The number of rotatable bonds is 8. The summed E-state index contributed by atoms with van der Waals surface area (Å²) in [6.45, 7) is 0. The summed E-state index contributed by atoms with van der Waals surface area (Å²) in [5.74, 6) is 0. The minimum atomic E-state index is -0.111. The van der Waals surface area contributed by atoms with Crippen molar-refractivity contribution in [2.24, 2.45) is 0 Å². The number of anilines is 6. The summed E-state index contributed by atoms with van der Waals surface area (Å²) in [7, 11) is 0. The monoisotopic (exact) mass is 551 g/mol. The number of benzene rings is 5. The first-order valence-corrected chi connectivity index (χ1v) is 13.0. The van der Waals surface area contributed by atoms with Gasteiger partial charge in [-0.05, 0) is 48.5 Å². The van der Waals surface area contributed by atoms with Gasteiger partial charge in [-0.3, -0.25) is 20.9 Å². The van der Waals surface area contributed by atoms with Gasteiger partial charge in [0.1, 0.15) is 29.6 Å². The Kier molecular flexibility index (Phi) is 7.98. The van der Waals surface area contributed by atoms with Crippen LogP contribution < -0.4 is 20.9 Å². The second kappa shape index (κ2) is 12.3. The average molecular weight is 552 g/mol. The third-order valence-corrected chi connectivity index (χ3v) is 6.66. The Hall–Kier alpha value is -5.94. The molecule has 0 radical (unpaired) electrons. The SMILES string of the molecule is N#Cc1c(Cl)c(NN(c2ccccc2)c2ccccc2)c(NN(c2ccccc2)c2ccccc2)c(C#N)c1C#N. The van der Waals surface area contributed by atoms with E-state index in [1.807, 2.05) is 133 Å². The lowest BCUT2D eigenvalue weighted by molar-refractivity contribution is 1.13. The van der Waals surface area contributed by atoms with Gasteiger partial charge in [0.05, 0.1) is 44.5 Å². The summed E-state index contributed by atoms with van der Waals surface area (Å²) in [5.41, 5.74) is 10.1. The van der Waals surface area contributed by atoms with Crippen molar-refractivity contribution in [1.82, 2.24) is 0 Å². The Morgan fingerprint density at radius 3 is 1.07 bits per heavy atom. The molecule has 0 spiro atoms. The molecular weight excluding hydrogens is 530 g/mol. The molecule has 0 heterocycles. The Bertz CT molecular complexity index is 1690. The Balaban J connectivity index is 1.75. The predicted molar refractivity (Wildman–Crippen MR) is 163 cm³/mol. The maximum Gasteiger partial charge on any atom is 0.103 e. The van der Waals surface area contributed by atoms with E-state index in [1.54, 1.807) is 10.0 Å². The zero-order valence-electron chi connectivity index (χ0n) is 21.7. The minimum absolute atomic E-state index is 0.00323. The molecule has 5 aromatic carbocycles. The minimum Gasteiger partial charge on any atom is -0.290 e. The second-order valence-corrected chi connectivity index (χ2v) is 9.14. The molecule has 0 saturated heterocycles. The molecule has 5 aromatic rings. The molecule has 0 aliphatic rings. The summed E-state index contributed by atoms with van der Waals surface area (Å²) < 4.78 is 0. The van der Waals surface area contributed by atoms with Gasteiger partial charge in [-0.2, -0.15) is 15.8 Å². The molecule has 0 amide bonds. The first-order valence-electron chi connectivity index (χ1n) is 12.6. The molecule has 0 aliphatic carbocycles. The maximum absolute atomic E-state index is 10.3. The van der Waals surface area contributed by atoms with Gasteiger partial charge in [-0.25, -0.2) is 0 Å². The molecule has 0 atom stereocenters. The van der Waals surface area contributed by atoms with E-state index < -0.39 is 0 Å². The van der Waals surface area contributed by atoms with Gasteiger partial charge >= 0.3 is 0 Å². The summed E-state index contributed by atoms with van der Waals surface area (Å²) in [6, 6.07) is 44.3. The van der Waals surface area contributed by atoms with Gasteiger partial charge in [0, 0.05) is 0 Å². The zero-order chi connectivity index (χ0) is 28.6. The lowest BCUT2D eigenvalue weighted by Gasteiger charge is -2.32. The van der Waals surface area contributed by atoms with E-state index in [9.17, 15) is 15.8 Å². The Morgan fingerprint density at radius 2 is 0.756 bits per heavy atom. The van der Waals surface area contributed by atoms with Crippen LogP contribution >= 0.6 is 11.6 Å². The number of nitriles is 3. The van der Waals surface area contributed by atoms with Crippen LogP contribution in [-0.2, 0) is 0 Å². The largest absolute Gasteiger partial charge is 0.290 e. The van der Waals surface area contributed by atoms with E-state index in [-0.39, 0.29) is 33.1 Å². The van der Waals surface area contributed by atoms with Crippen LogP contribution in [0.5, 0.6) is 0 Å². The van der Waals surface area contributed by atoms with Crippen molar-refractivity contribution < 1.29 is 0 Å². The summed E-state index contributed by atoms with van der Waals surface area (Å²) >= 11 is 6.89. The fourth-order valence-corrected chi connectivity index (χ4v) is 4.63. The smallest absolute Gasteiger partial charge is 0.103 e. The summed E-state index contributed by atoms with van der Waals surface area (Å²) in [5, 5.41) is 34.0. The first-order chi connectivity index (χ1) is 20.2. The van der Waals surface area contributed by atoms with E-state index in [2.05, 4.69) is 16.9 Å². The van der Waals surface area contributed by atoms with Crippen LogP contribution in [-0.4, -0.2) is 0 Å². The van der Waals surface area contributed by atoms with Gasteiger partial charge in [-0.15, -0.1) is 0 Å². The molecule has 41 heavy (non-hydrogen) atoms. The normalized spacial score (nSPS) is 10.0. The molecule has 7 nitrogen and oxygen atoms in total. The number of hydrazine groups is 2. The molecular formula is C33H22ClN7. The van der Waals surface area contributed by atoms with Crippen molar-refractivity contribution in [2.45, 2.75) is 0 Å². The van der Waals surface area contributed by atoms with Crippen molar-refractivity contribution in [3.8, 4) is 18.2 Å². The predicted octanol–water partition coefficient (Wildman–Crippen LogP) is 8.29. The highest BCUT2D eigenvalue weighted by molar-refractivity contribution is 6.35. The van der Waals surface area contributed by atoms with Crippen LogP contribution in [0.1, 0.15) is 16.7 Å². The fraction of sp³-hybridized carbons (Fsp3) is 0. The number of nitrogens with one attached hydrogen (secondary N) is 2. The molecule has 0 unspecified atom stereocenters. The topological polar surface area (TPSA) is 102 Å². The van der Waals surface area contributed by atoms with E-state index in [1.165, 1.54) is 0 Å². The standard InChI is InChI=1S/C33H22ClN7/c34-31-29(22-36)28(21-35)30(23-37)32(38-40(24-13-5-1-6-14-24)25-15-7-2-8-16-25)33(31)39-41(26-17-9-3-10-18-26)27-19-11-4-12-20-27/h1-20,38-39H. The second-order valence-electron chi connectivity index (χ2n) is 8.76. The molecule has 0 aliphatic heterocycles. The van der Waals surface area contributed by atoms with Crippen molar-refractivity contribution >= 4 is 45.7 Å². The van der Waals surface area contributed by atoms with Crippen molar-refractivity contribution in [1.29, 1.82) is 15.8 Å². The molecule has 0 bridgehead atoms. The zero-order valence-corrected chi connectivity index (χ0v) is 22.4. The molecule has 2 N–H and O–H groups in total. The fourth-order valence-electron chi connectivity index (χ4n) is 4.35. The van der Waals surface area contributed by atoms with Gasteiger partial charge in [-0.1, -0.05) is 84.4 Å². The van der Waals surface area contributed by atoms with Crippen LogP contribution in [0.2, 0.25) is 5.02 Å². The van der Waals surface area contributed by atoms with Crippen molar-refractivity contribution in [2.75, 3.05) is 20.9 Å². The van der Waals surface area contributed by atoms with Gasteiger partial charge < -0.3 is 0 Å². The first kappa shape index (κ1) is 26.7. The lowest BCUT2D eigenvalue weighted by Crippen LogP contribution is -2.29. The third kappa shape index (κ3) is 5.46. The molecule has 8 heteroatoms. The van der Waals surface area contributed by atoms with E-state index >= 15 is 0 Å². The molecule has 0 aromatic heterocycles. The summed E-state index contributed by atoms with van der Waals surface area (Å²) in [4.78, 5) is 0. The Morgan fingerprint density at radius 1 is 0.439 bits per heavy atom. The van der Waals surface area contributed by atoms with Gasteiger partial charge in [0.2, 0.25) is 0 Å². The highest BCUT2D eigenvalue weighted by atomic mass is 35.5. The highest BCUT2D eigenvalue weighted by Gasteiger charge is 2.27. The van der Waals surface area contributed by atoms with Crippen LogP contribution in [0.15, 0.2) is 121 Å². The van der Waals surface area contributed by atoms with Crippen molar-refractivity contribution in [3.05, 3.63) is 143 Å². The Labute approximate surface area is 243 Å². The lowest BCUT2D eigenvalue weighted by atomic mass is 9.99. The van der Waals surface area contributed by atoms with Gasteiger partial charge in [0.25, 0.3) is 0 Å². The summed E-state index contributed by atoms with van der Waals surface area (Å²) in [6.07, 6.45) is 0. The number of hydrogen-bond donors (Lipinski definition) is 2. The molecule has 0 saturated carbocycles. The number of nitrogens with zero attached hydrogens (tertiary/aromatic N) is 5. The number of halogens is 1. The van der Waals surface area contributed by atoms with E-state index in [0.717, 1.165) is 22.7 Å². The maximum atomic E-state index is 10.3. The van der Waals surface area contributed by atoms with Crippen LogP contribution in [0.25, 0.3) is 0 Å². The van der Waals surface area contributed by atoms with Crippen LogP contribution in [0.3, 0.4) is 0 Å². The van der Waals surface area contributed by atoms with Crippen LogP contribution in [0, 0.1) is 34.0 Å². The number of hydrogen-bond acceptors (Lipinski definition) is 7. The number of para-hydroxylation sites is 4. The van der Waals surface area contributed by atoms with E-state index in [4.69, 9.17) is 11.6 Å².